The Morgan fingerprint density at radius 1 is 1.07 bits per heavy atom. The molecule has 3 amide bonds. The minimum absolute atomic E-state index is 0.129. The lowest BCUT2D eigenvalue weighted by Gasteiger charge is -2.31. The zero-order chi connectivity index (χ0) is 22.3. The maximum absolute atomic E-state index is 13.2. The molecule has 0 spiro atoms. The molecule has 1 aliphatic heterocycles. The van der Waals surface area contributed by atoms with Crippen molar-refractivity contribution in [3.63, 3.8) is 0 Å². The van der Waals surface area contributed by atoms with Gasteiger partial charge in [0, 0.05) is 13.1 Å². The van der Waals surface area contributed by atoms with Crippen LogP contribution in [0, 0.1) is 5.92 Å². The fourth-order valence-corrected chi connectivity index (χ4v) is 3.15. The standard InChI is InChI=1S/C22H33N3O5/c1-16(2)14-18(23-20(27)30-22(3,4)5)19(26)24-12-9-13-25(24)21(28)29-15-17-10-7-6-8-11-17/h6-8,10-11,16,18H,9,12-15H2,1-5H3,(H,23,27)/t18-/m0/s1. The van der Waals surface area contributed by atoms with E-state index in [1.165, 1.54) is 10.0 Å². The molecule has 8 heteroatoms. The Bertz CT molecular complexity index is 730. The molecule has 0 radical (unpaired) electrons. The van der Waals surface area contributed by atoms with E-state index >= 15 is 0 Å². The molecule has 0 aliphatic carbocycles. The van der Waals surface area contributed by atoms with E-state index in [9.17, 15) is 14.4 Å². The van der Waals surface area contributed by atoms with Gasteiger partial charge < -0.3 is 14.8 Å². The highest BCUT2D eigenvalue weighted by Crippen LogP contribution is 2.18. The predicted octanol–water partition coefficient (Wildman–Crippen LogP) is 3.71. The summed E-state index contributed by atoms with van der Waals surface area (Å²) < 4.78 is 10.7. The number of benzene rings is 1. The summed E-state index contributed by atoms with van der Waals surface area (Å²) in [6.45, 7) is 10.1. The lowest BCUT2D eigenvalue weighted by atomic mass is 10.0. The zero-order valence-corrected chi connectivity index (χ0v) is 18.5. The summed E-state index contributed by atoms with van der Waals surface area (Å²) in [6, 6.07) is 8.57. The van der Waals surface area contributed by atoms with Crippen LogP contribution in [0.4, 0.5) is 9.59 Å². The first kappa shape index (κ1) is 23.5. The summed E-state index contributed by atoms with van der Waals surface area (Å²) >= 11 is 0. The molecule has 1 heterocycles. The van der Waals surface area contributed by atoms with Gasteiger partial charge in [0.05, 0.1) is 0 Å². The van der Waals surface area contributed by atoms with Crippen molar-refractivity contribution in [1.82, 2.24) is 15.3 Å². The largest absolute Gasteiger partial charge is 0.444 e. The number of amides is 3. The normalized spacial score (nSPS) is 15.1. The molecule has 1 atom stereocenters. The molecule has 1 N–H and O–H groups in total. The van der Waals surface area contributed by atoms with Crippen LogP contribution in [0.3, 0.4) is 0 Å². The van der Waals surface area contributed by atoms with Crippen molar-refractivity contribution in [2.45, 2.75) is 65.7 Å². The molecule has 2 rings (SSSR count). The fourth-order valence-electron chi connectivity index (χ4n) is 3.15. The average Bonchev–Trinajstić information content (AvgIpc) is 3.13. The number of carbonyl (C=O) groups excluding carboxylic acids is 3. The highest BCUT2D eigenvalue weighted by atomic mass is 16.6. The minimum atomic E-state index is -0.789. The smallest absolute Gasteiger partial charge is 0.429 e. The van der Waals surface area contributed by atoms with E-state index in [0.717, 1.165) is 5.56 Å². The summed E-state index contributed by atoms with van der Waals surface area (Å²) in [5, 5.41) is 5.36. The Morgan fingerprint density at radius 2 is 1.70 bits per heavy atom. The predicted molar refractivity (Wildman–Crippen MR) is 112 cm³/mol. The van der Waals surface area contributed by atoms with E-state index in [1.54, 1.807) is 20.8 Å². The molecule has 1 saturated heterocycles. The second kappa shape index (κ2) is 10.3. The number of hydrogen-bond acceptors (Lipinski definition) is 5. The Hall–Kier alpha value is -2.77. The highest BCUT2D eigenvalue weighted by Gasteiger charge is 2.37. The molecule has 0 bridgehead atoms. The lowest BCUT2D eigenvalue weighted by Crippen LogP contribution is -2.54. The number of ether oxygens (including phenoxy) is 2. The number of nitrogens with one attached hydrogen (secondary N) is 1. The minimum Gasteiger partial charge on any atom is -0.444 e. The van der Waals surface area contributed by atoms with Crippen LogP contribution in [0.2, 0.25) is 0 Å². The van der Waals surface area contributed by atoms with E-state index in [0.29, 0.717) is 25.9 Å². The molecular weight excluding hydrogens is 386 g/mol. The topological polar surface area (TPSA) is 88.2 Å². The van der Waals surface area contributed by atoms with Crippen molar-refractivity contribution in [2.75, 3.05) is 13.1 Å². The van der Waals surface area contributed by atoms with Crippen molar-refractivity contribution in [2.24, 2.45) is 5.92 Å². The zero-order valence-electron chi connectivity index (χ0n) is 18.5. The van der Waals surface area contributed by atoms with Gasteiger partial charge in [-0.25, -0.2) is 19.6 Å². The van der Waals surface area contributed by atoms with Crippen LogP contribution >= 0.6 is 0 Å². The van der Waals surface area contributed by atoms with Gasteiger partial charge in [0.25, 0.3) is 5.91 Å². The van der Waals surface area contributed by atoms with Crippen LogP contribution in [-0.2, 0) is 20.9 Å². The van der Waals surface area contributed by atoms with Crippen LogP contribution in [-0.4, -0.2) is 52.8 Å². The molecule has 0 aromatic heterocycles. The Morgan fingerprint density at radius 3 is 2.30 bits per heavy atom. The van der Waals surface area contributed by atoms with Gasteiger partial charge in [0.15, 0.2) is 0 Å². The average molecular weight is 420 g/mol. The molecule has 0 unspecified atom stereocenters. The monoisotopic (exact) mass is 419 g/mol. The molecule has 1 aliphatic rings. The van der Waals surface area contributed by atoms with Gasteiger partial charge >= 0.3 is 12.2 Å². The fraction of sp³-hybridized carbons (Fsp3) is 0.591. The molecule has 1 aromatic rings. The van der Waals surface area contributed by atoms with Crippen LogP contribution in [0.25, 0.3) is 0 Å². The molecule has 1 fully saturated rings. The molecule has 0 saturated carbocycles. The maximum atomic E-state index is 13.2. The number of nitrogens with zero attached hydrogens (tertiary/aromatic N) is 2. The van der Waals surface area contributed by atoms with Crippen LogP contribution < -0.4 is 5.32 Å². The number of alkyl carbamates (subject to hydrolysis) is 1. The van der Waals surface area contributed by atoms with Crippen LogP contribution in [0.15, 0.2) is 30.3 Å². The van der Waals surface area contributed by atoms with E-state index < -0.39 is 23.8 Å². The maximum Gasteiger partial charge on any atom is 0.429 e. The summed E-state index contributed by atoms with van der Waals surface area (Å²) in [6.07, 6.45) is -0.154. The molecular formula is C22H33N3O5. The quantitative estimate of drug-likeness (QED) is 0.759. The van der Waals surface area contributed by atoms with Gasteiger partial charge in [-0.3, -0.25) is 4.79 Å². The van der Waals surface area contributed by atoms with Crippen molar-refractivity contribution in [3.05, 3.63) is 35.9 Å². The number of hydrazine groups is 1. The summed E-state index contributed by atoms with van der Waals surface area (Å²) in [5.74, 6) is -0.182. The van der Waals surface area contributed by atoms with Gasteiger partial charge in [0.2, 0.25) is 0 Å². The first-order valence-electron chi connectivity index (χ1n) is 10.4. The van der Waals surface area contributed by atoms with Gasteiger partial charge in [-0.2, -0.15) is 0 Å². The van der Waals surface area contributed by atoms with E-state index in [1.807, 2.05) is 44.2 Å². The molecule has 166 valence electrons. The summed E-state index contributed by atoms with van der Waals surface area (Å²) in [7, 11) is 0. The van der Waals surface area contributed by atoms with Crippen LogP contribution in [0.1, 0.15) is 53.0 Å². The summed E-state index contributed by atoms with van der Waals surface area (Å²) in [5.41, 5.74) is 0.198. The molecule has 1 aromatic carbocycles. The van der Waals surface area contributed by atoms with Crippen molar-refractivity contribution in [3.8, 4) is 0 Å². The van der Waals surface area contributed by atoms with Gasteiger partial charge in [0.1, 0.15) is 18.2 Å². The van der Waals surface area contributed by atoms with Crippen molar-refractivity contribution in [1.29, 1.82) is 0 Å². The van der Waals surface area contributed by atoms with E-state index in [4.69, 9.17) is 9.47 Å². The number of carbonyl (C=O) groups is 3. The third-order valence-electron chi connectivity index (χ3n) is 4.40. The van der Waals surface area contributed by atoms with Crippen molar-refractivity contribution < 1.29 is 23.9 Å². The lowest BCUT2D eigenvalue weighted by molar-refractivity contribution is -0.144. The third kappa shape index (κ3) is 7.24. The van der Waals surface area contributed by atoms with Gasteiger partial charge in [-0.1, -0.05) is 44.2 Å². The Balaban J connectivity index is 2.03. The van der Waals surface area contributed by atoms with E-state index in [2.05, 4.69) is 5.32 Å². The van der Waals surface area contributed by atoms with Crippen molar-refractivity contribution >= 4 is 18.1 Å². The van der Waals surface area contributed by atoms with E-state index in [-0.39, 0.29) is 18.4 Å². The van der Waals surface area contributed by atoms with Gasteiger partial charge in [-0.05, 0) is 45.1 Å². The SMILES string of the molecule is CC(C)C[C@H](NC(=O)OC(C)(C)C)C(=O)N1CCCN1C(=O)OCc1ccccc1. The highest BCUT2D eigenvalue weighted by molar-refractivity contribution is 5.87. The van der Waals surface area contributed by atoms with Gasteiger partial charge in [-0.15, -0.1) is 0 Å². The number of hydrogen-bond donors (Lipinski definition) is 1. The van der Waals surface area contributed by atoms with Crippen LogP contribution in [0.5, 0.6) is 0 Å². The second-order valence-electron chi connectivity index (χ2n) is 8.81. The molecule has 30 heavy (non-hydrogen) atoms. The number of rotatable bonds is 6. The first-order valence-corrected chi connectivity index (χ1v) is 10.4. The first-order chi connectivity index (χ1) is 14.1. The Labute approximate surface area is 178 Å². The summed E-state index contributed by atoms with van der Waals surface area (Å²) in [4.78, 5) is 38.0. The Kier molecular flexibility index (Phi) is 8.08. The third-order valence-corrected chi connectivity index (χ3v) is 4.40. The molecule has 8 nitrogen and oxygen atoms in total. The second-order valence-corrected chi connectivity index (χ2v) is 8.81.